The monoisotopic (exact) mass is 419 g/mol. The second-order valence-electron chi connectivity index (χ2n) is 5.59. The highest BCUT2D eigenvalue weighted by atomic mass is 79.9. The third-order valence-electron chi connectivity index (χ3n) is 3.16. The minimum absolute atomic E-state index is 0.108. The normalized spacial score (nSPS) is 12.1. The first-order chi connectivity index (χ1) is 11.3. The molecule has 0 fully saturated rings. The van der Waals surface area contributed by atoms with Gasteiger partial charge in [0.15, 0.2) is 0 Å². The lowest BCUT2D eigenvalue weighted by Gasteiger charge is -2.16. The van der Waals surface area contributed by atoms with Crippen LogP contribution in [0, 0.1) is 11.7 Å². The highest BCUT2D eigenvalue weighted by molar-refractivity contribution is 9.10. The summed E-state index contributed by atoms with van der Waals surface area (Å²) < 4.78 is 19.8. The van der Waals surface area contributed by atoms with Gasteiger partial charge in [-0.15, -0.1) is 11.8 Å². The van der Waals surface area contributed by atoms with Crippen LogP contribution < -0.4 is 5.32 Å². The van der Waals surface area contributed by atoms with Crippen LogP contribution in [-0.2, 0) is 14.3 Å². The molecule has 24 heavy (non-hydrogen) atoms. The summed E-state index contributed by atoms with van der Waals surface area (Å²) in [5.74, 6) is -1.33. The first-order valence-corrected chi connectivity index (χ1v) is 9.60. The van der Waals surface area contributed by atoms with Crippen LogP contribution in [-0.4, -0.2) is 23.7 Å². The van der Waals surface area contributed by atoms with Crippen molar-refractivity contribution in [2.24, 2.45) is 5.92 Å². The van der Waals surface area contributed by atoms with E-state index >= 15 is 0 Å². The molecule has 134 valence electrons. The van der Waals surface area contributed by atoms with E-state index in [0.29, 0.717) is 22.4 Å². The number of thioether (sulfide) groups is 1. The van der Waals surface area contributed by atoms with Crippen LogP contribution >= 0.6 is 27.7 Å². The van der Waals surface area contributed by atoms with Gasteiger partial charge < -0.3 is 10.1 Å². The smallest absolute Gasteiger partial charge is 0.319 e. The molecule has 0 saturated carbocycles. The largest absolute Gasteiger partial charge is 0.465 e. The summed E-state index contributed by atoms with van der Waals surface area (Å²) >= 11 is 4.60. The fourth-order valence-electron chi connectivity index (χ4n) is 1.74. The predicted molar refractivity (Wildman–Crippen MR) is 98.8 cm³/mol. The molecule has 4 nitrogen and oxygen atoms in total. The van der Waals surface area contributed by atoms with Gasteiger partial charge in [0.1, 0.15) is 11.1 Å². The fourth-order valence-corrected chi connectivity index (χ4v) is 3.33. The quantitative estimate of drug-likeness (QED) is 0.475. The van der Waals surface area contributed by atoms with Crippen LogP contribution in [0.5, 0.6) is 0 Å². The molecule has 1 unspecified atom stereocenters. The molecule has 0 aromatic heterocycles. The summed E-state index contributed by atoms with van der Waals surface area (Å²) in [5.41, 5.74) is 0.108. The first kappa shape index (κ1) is 21.0. The molecule has 1 aromatic carbocycles. The van der Waals surface area contributed by atoms with Crippen molar-refractivity contribution >= 4 is 45.3 Å². The van der Waals surface area contributed by atoms with E-state index in [1.54, 1.807) is 19.9 Å². The summed E-state index contributed by atoms with van der Waals surface area (Å²) in [7, 11) is 0. The van der Waals surface area contributed by atoms with E-state index in [9.17, 15) is 14.0 Å². The van der Waals surface area contributed by atoms with Crippen LogP contribution in [0.2, 0.25) is 0 Å². The van der Waals surface area contributed by atoms with Gasteiger partial charge in [0, 0.05) is 15.3 Å². The van der Waals surface area contributed by atoms with Crippen molar-refractivity contribution in [3.8, 4) is 0 Å². The highest BCUT2D eigenvalue weighted by Gasteiger charge is 2.22. The molecule has 0 radical (unpaired) electrons. The molecule has 0 aliphatic heterocycles. The van der Waals surface area contributed by atoms with E-state index < -0.39 is 5.82 Å². The number of rotatable bonds is 8. The SMILES string of the molecule is CCCOC(=O)C(CC)Sc1cc(NC(=O)C(C)C)c(F)cc1Br. The van der Waals surface area contributed by atoms with Crippen LogP contribution in [0.1, 0.15) is 40.5 Å². The van der Waals surface area contributed by atoms with Gasteiger partial charge in [0.25, 0.3) is 0 Å². The standard InChI is InChI=1S/C17H23BrFNO3S/c1-5-7-23-17(22)14(6-2)24-15-9-13(12(19)8-11(15)18)20-16(21)10(3)4/h8-10,14H,5-7H2,1-4H3,(H,20,21). The van der Waals surface area contributed by atoms with Gasteiger partial charge in [-0.2, -0.15) is 0 Å². The van der Waals surface area contributed by atoms with Crippen LogP contribution in [0.3, 0.4) is 0 Å². The minimum Gasteiger partial charge on any atom is -0.465 e. The Morgan fingerprint density at radius 3 is 2.54 bits per heavy atom. The van der Waals surface area contributed by atoms with E-state index in [4.69, 9.17) is 4.74 Å². The fraction of sp³-hybridized carbons (Fsp3) is 0.529. The molecule has 0 spiro atoms. The van der Waals surface area contributed by atoms with Crippen molar-refractivity contribution in [2.75, 3.05) is 11.9 Å². The van der Waals surface area contributed by atoms with Crippen LogP contribution in [0.15, 0.2) is 21.5 Å². The van der Waals surface area contributed by atoms with Gasteiger partial charge in [-0.05, 0) is 40.9 Å². The van der Waals surface area contributed by atoms with Gasteiger partial charge in [0.05, 0.1) is 12.3 Å². The minimum atomic E-state index is -0.526. The number of carbonyl (C=O) groups excluding carboxylic acids is 2. The van der Waals surface area contributed by atoms with Crippen molar-refractivity contribution in [3.05, 3.63) is 22.4 Å². The zero-order valence-corrected chi connectivity index (χ0v) is 16.7. The summed E-state index contributed by atoms with van der Waals surface area (Å²) in [4.78, 5) is 24.5. The van der Waals surface area contributed by atoms with E-state index in [2.05, 4.69) is 21.2 Å². The number of nitrogens with one attached hydrogen (secondary N) is 1. The molecule has 0 aliphatic rings. The number of benzene rings is 1. The Labute approximate surface area is 155 Å². The van der Waals surface area contributed by atoms with Gasteiger partial charge in [0.2, 0.25) is 5.91 Å². The number of esters is 1. The maximum Gasteiger partial charge on any atom is 0.319 e. The molecule has 1 aromatic rings. The molecular formula is C17H23BrFNO3S. The van der Waals surface area contributed by atoms with E-state index in [1.165, 1.54) is 17.8 Å². The lowest BCUT2D eigenvalue weighted by atomic mass is 10.2. The maximum atomic E-state index is 14.1. The summed E-state index contributed by atoms with van der Waals surface area (Å²) in [6, 6.07) is 2.84. The van der Waals surface area contributed by atoms with Crippen molar-refractivity contribution in [2.45, 2.75) is 50.7 Å². The molecule has 0 bridgehead atoms. The zero-order valence-electron chi connectivity index (χ0n) is 14.3. The lowest BCUT2D eigenvalue weighted by molar-refractivity contribution is -0.143. The lowest BCUT2D eigenvalue weighted by Crippen LogP contribution is -2.20. The Kier molecular flexibility index (Phi) is 8.76. The van der Waals surface area contributed by atoms with Crippen LogP contribution in [0.25, 0.3) is 0 Å². The molecule has 0 heterocycles. The number of anilines is 1. The number of ether oxygens (including phenoxy) is 1. The second-order valence-corrected chi connectivity index (χ2v) is 7.69. The number of hydrogen-bond donors (Lipinski definition) is 1. The van der Waals surface area contributed by atoms with Gasteiger partial charge in [-0.3, -0.25) is 9.59 Å². The van der Waals surface area contributed by atoms with E-state index in [-0.39, 0.29) is 28.7 Å². The maximum absolute atomic E-state index is 14.1. The Balaban J connectivity index is 2.97. The third kappa shape index (κ3) is 6.09. The summed E-state index contributed by atoms with van der Waals surface area (Å²) in [6.45, 7) is 7.68. The number of halogens is 2. The van der Waals surface area contributed by atoms with Crippen molar-refractivity contribution in [3.63, 3.8) is 0 Å². The molecule has 0 aliphatic carbocycles. The molecule has 1 N–H and O–H groups in total. The Morgan fingerprint density at radius 1 is 1.33 bits per heavy atom. The number of carbonyl (C=O) groups is 2. The summed E-state index contributed by atoms with van der Waals surface area (Å²) in [6.07, 6.45) is 1.35. The Bertz CT molecular complexity index is 595. The first-order valence-electron chi connectivity index (χ1n) is 7.93. The number of amides is 1. The predicted octanol–water partition coefficient (Wildman–Crippen LogP) is 5.01. The van der Waals surface area contributed by atoms with Crippen molar-refractivity contribution in [1.82, 2.24) is 0 Å². The topological polar surface area (TPSA) is 55.4 Å². The van der Waals surface area contributed by atoms with Gasteiger partial charge in [-0.1, -0.05) is 27.7 Å². The Hall–Kier alpha value is -1.08. The van der Waals surface area contributed by atoms with E-state index in [1.807, 2.05) is 13.8 Å². The van der Waals surface area contributed by atoms with Crippen molar-refractivity contribution < 1.29 is 18.7 Å². The molecule has 1 atom stereocenters. The Morgan fingerprint density at radius 2 is 2.00 bits per heavy atom. The molecule has 7 heteroatoms. The molecular weight excluding hydrogens is 397 g/mol. The van der Waals surface area contributed by atoms with E-state index in [0.717, 1.165) is 6.42 Å². The average Bonchev–Trinajstić information content (AvgIpc) is 2.53. The molecule has 1 rings (SSSR count). The van der Waals surface area contributed by atoms with Gasteiger partial charge in [-0.25, -0.2) is 4.39 Å². The highest BCUT2D eigenvalue weighted by Crippen LogP contribution is 2.36. The molecule has 0 saturated heterocycles. The van der Waals surface area contributed by atoms with Crippen molar-refractivity contribution in [1.29, 1.82) is 0 Å². The van der Waals surface area contributed by atoms with Crippen LogP contribution in [0.4, 0.5) is 10.1 Å². The third-order valence-corrected chi connectivity index (χ3v) is 5.48. The average molecular weight is 420 g/mol. The second kappa shape index (κ2) is 10.0. The molecule has 1 amide bonds. The van der Waals surface area contributed by atoms with Gasteiger partial charge >= 0.3 is 5.97 Å². The number of hydrogen-bond acceptors (Lipinski definition) is 4. The zero-order chi connectivity index (χ0) is 18.3. The summed E-state index contributed by atoms with van der Waals surface area (Å²) in [5, 5.41) is 2.19.